The Labute approximate surface area is 136 Å². The molecule has 2 aromatic carbocycles. The van der Waals surface area contributed by atoms with Crippen LogP contribution in [0.15, 0.2) is 42.5 Å². The average molecular weight is 311 g/mol. The van der Waals surface area contributed by atoms with Crippen molar-refractivity contribution in [2.75, 3.05) is 24.2 Å². The minimum Gasteiger partial charge on any atom is -0.376 e. The molecule has 0 saturated carbocycles. The van der Waals surface area contributed by atoms with Crippen molar-refractivity contribution in [1.82, 2.24) is 5.32 Å². The average Bonchev–Trinajstić information content (AvgIpc) is 2.56. The summed E-state index contributed by atoms with van der Waals surface area (Å²) in [6, 6.07) is 12.9. The normalized spacial score (nSPS) is 10.0. The molecule has 5 heteroatoms. The number of anilines is 2. The SMILES string of the molecule is CNC(=O)c1ccc(NCC(=O)Nc2cc(C)ccc2C)cc1. The van der Waals surface area contributed by atoms with Crippen molar-refractivity contribution in [3.8, 4) is 0 Å². The molecular formula is C18H21N3O2. The molecule has 0 aliphatic heterocycles. The Morgan fingerprint density at radius 2 is 1.70 bits per heavy atom. The van der Waals surface area contributed by atoms with Gasteiger partial charge in [-0.3, -0.25) is 9.59 Å². The van der Waals surface area contributed by atoms with Crippen molar-refractivity contribution in [2.24, 2.45) is 0 Å². The van der Waals surface area contributed by atoms with Gasteiger partial charge < -0.3 is 16.0 Å². The predicted molar refractivity (Wildman–Crippen MR) is 92.9 cm³/mol. The molecule has 0 aliphatic carbocycles. The third-order valence-corrected chi connectivity index (χ3v) is 3.49. The fourth-order valence-electron chi connectivity index (χ4n) is 2.13. The second-order valence-corrected chi connectivity index (χ2v) is 5.38. The van der Waals surface area contributed by atoms with Gasteiger partial charge in [0.25, 0.3) is 5.91 Å². The van der Waals surface area contributed by atoms with Gasteiger partial charge in [-0.2, -0.15) is 0 Å². The van der Waals surface area contributed by atoms with E-state index in [1.807, 2.05) is 32.0 Å². The molecule has 23 heavy (non-hydrogen) atoms. The second-order valence-electron chi connectivity index (χ2n) is 5.38. The van der Waals surface area contributed by atoms with Crippen LogP contribution in [-0.2, 0) is 4.79 Å². The summed E-state index contributed by atoms with van der Waals surface area (Å²) in [6.45, 7) is 4.11. The third kappa shape index (κ3) is 4.57. The van der Waals surface area contributed by atoms with Gasteiger partial charge in [-0.05, 0) is 55.3 Å². The molecule has 2 rings (SSSR count). The van der Waals surface area contributed by atoms with Gasteiger partial charge in [0.1, 0.15) is 0 Å². The van der Waals surface area contributed by atoms with Crippen LogP contribution >= 0.6 is 0 Å². The van der Waals surface area contributed by atoms with E-state index in [1.165, 1.54) is 0 Å². The molecule has 2 amide bonds. The van der Waals surface area contributed by atoms with E-state index >= 15 is 0 Å². The largest absolute Gasteiger partial charge is 0.376 e. The maximum atomic E-state index is 12.0. The number of carbonyl (C=O) groups is 2. The number of hydrogen-bond acceptors (Lipinski definition) is 3. The van der Waals surface area contributed by atoms with Gasteiger partial charge >= 0.3 is 0 Å². The van der Waals surface area contributed by atoms with Crippen LogP contribution in [0.4, 0.5) is 11.4 Å². The summed E-state index contributed by atoms with van der Waals surface area (Å²) >= 11 is 0. The second kappa shape index (κ2) is 7.45. The zero-order valence-electron chi connectivity index (χ0n) is 13.6. The summed E-state index contributed by atoms with van der Waals surface area (Å²) < 4.78 is 0. The Balaban J connectivity index is 1.91. The molecule has 0 saturated heterocycles. The van der Waals surface area contributed by atoms with Crippen LogP contribution in [0, 0.1) is 13.8 Å². The highest BCUT2D eigenvalue weighted by atomic mass is 16.2. The zero-order chi connectivity index (χ0) is 16.8. The van der Waals surface area contributed by atoms with Gasteiger partial charge in [-0.25, -0.2) is 0 Å². The van der Waals surface area contributed by atoms with Crippen LogP contribution in [0.25, 0.3) is 0 Å². The van der Waals surface area contributed by atoms with Gasteiger partial charge in [-0.15, -0.1) is 0 Å². The molecular weight excluding hydrogens is 290 g/mol. The minimum absolute atomic E-state index is 0.117. The lowest BCUT2D eigenvalue weighted by Gasteiger charge is -2.11. The van der Waals surface area contributed by atoms with Gasteiger partial charge in [0.05, 0.1) is 6.54 Å². The van der Waals surface area contributed by atoms with Gasteiger partial charge in [-0.1, -0.05) is 12.1 Å². The third-order valence-electron chi connectivity index (χ3n) is 3.49. The molecule has 120 valence electrons. The highest BCUT2D eigenvalue weighted by Crippen LogP contribution is 2.16. The first-order valence-electron chi connectivity index (χ1n) is 7.42. The van der Waals surface area contributed by atoms with Crippen LogP contribution < -0.4 is 16.0 Å². The van der Waals surface area contributed by atoms with E-state index in [-0.39, 0.29) is 18.4 Å². The zero-order valence-corrected chi connectivity index (χ0v) is 13.6. The summed E-state index contributed by atoms with van der Waals surface area (Å²) in [5, 5.41) is 8.50. The minimum atomic E-state index is -0.135. The summed E-state index contributed by atoms with van der Waals surface area (Å²) in [7, 11) is 1.59. The lowest BCUT2D eigenvalue weighted by atomic mass is 10.1. The quantitative estimate of drug-likeness (QED) is 0.795. The molecule has 0 fully saturated rings. The van der Waals surface area contributed by atoms with Crippen molar-refractivity contribution < 1.29 is 9.59 Å². The van der Waals surface area contributed by atoms with E-state index in [0.29, 0.717) is 5.56 Å². The molecule has 0 radical (unpaired) electrons. The van der Waals surface area contributed by atoms with E-state index in [2.05, 4.69) is 16.0 Å². The smallest absolute Gasteiger partial charge is 0.251 e. The van der Waals surface area contributed by atoms with Gasteiger partial charge in [0.2, 0.25) is 5.91 Å². The molecule has 0 unspecified atom stereocenters. The van der Waals surface area contributed by atoms with Crippen LogP contribution in [0.5, 0.6) is 0 Å². The number of benzene rings is 2. The highest BCUT2D eigenvalue weighted by Gasteiger charge is 2.06. The summed E-state index contributed by atoms with van der Waals surface area (Å²) in [4.78, 5) is 23.5. The van der Waals surface area contributed by atoms with Crippen LogP contribution in [-0.4, -0.2) is 25.4 Å². The first kappa shape index (κ1) is 16.5. The fourth-order valence-corrected chi connectivity index (χ4v) is 2.13. The Kier molecular flexibility index (Phi) is 5.36. The Morgan fingerprint density at radius 3 is 2.35 bits per heavy atom. The van der Waals surface area contributed by atoms with Gasteiger partial charge in [0, 0.05) is 24.0 Å². The molecule has 5 nitrogen and oxygen atoms in total. The number of carbonyl (C=O) groups excluding carboxylic acids is 2. The van der Waals surface area contributed by atoms with Crippen molar-refractivity contribution >= 4 is 23.2 Å². The van der Waals surface area contributed by atoms with Crippen LogP contribution in [0.2, 0.25) is 0 Å². The number of nitrogens with one attached hydrogen (secondary N) is 3. The van der Waals surface area contributed by atoms with E-state index < -0.39 is 0 Å². The predicted octanol–water partition coefficient (Wildman–Crippen LogP) is 2.71. The number of amides is 2. The Bertz CT molecular complexity index is 709. The fraction of sp³-hybridized carbons (Fsp3) is 0.222. The molecule has 0 spiro atoms. The number of aryl methyl sites for hydroxylation is 2. The summed E-state index contributed by atoms with van der Waals surface area (Å²) in [5.74, 6) is -0.252. The van der Waals surface area contributed by atoms with E-state index in [9.17, 15) is 9.59 Å². The van der Waals surface area contributed by atoms with Crippen molar-refractivity contribution in [3.05, 3.63) is 59.2 Å². The summed E-state index contributed by atoms with van der Waals surface area (Å²) in [6.07, 6.45) is 0. The molecule has 0 atom stereocenters. The lowest BCUT2D eigenvalue weighted by molar-refractivity contribution is -0.114. The topological polar surface area (TPSA) is 70.2 Å². The Hall–Kier alpha value is -2.82. The highest BCUT2D eigenvalue weighted by molar-refractivity contribution is 5.95. The number of hydrogen-bond donors (Lipinski definition) is 3. The van der Waals surface area contributed by atoms with Crippen LogP contribution in [0.3, 0.4) is 0 Å². The van der Waals surface area contributed by atoms with Crippen molar-refractivity contribution in [3.63, 3.8) is 0 Å². The van der Waals surface area contributed by atoms with E-state index in [1.54, 1.807) is 31.3 Å². The first-order valence-corrected chi connectivity index (χ1v) is 7.42. The molecule has 3 N–H and O–H groups in total. The molecule has 0 aliphatic rings. The van der Waals surface area contributed by atoms with E-state index in [0.717, 1.165) is 22.5 Å². The lowest BCUT2D eigenvalue weighted by Crippen LogP contribution is -2.22. The van der Waals surface area contributed by atoms with Gasteiger partial charge in [0.15, 0.2) is 0 Å². The summed E-state index contributed by atoms with van der Waals surface area (Å²) in [5.41, 5.74) is 4.32. The standard InChI is InChI=1S/C18H21N3O2/c1-12-4-5-13(2)16(10-12)21-17(22)11-20-15-8-6-14(7-9-15)18(23)19-3/h4-10,20H,11H2,1-3H3,(H,19,23)(H,21,22). The molecule has 0 heterocycles. The molecule has 2 aromatic rings. The monoisotopic (exact) mass is 311 g/mol. The first-order chi connectivity index (χ1) is 11.0. The number of rotatable bonds is 5. The Morgan fingerprint density at radius 1 is 1.00 bits per heavy atom. The van der Waals surface area contributed by atoms with Crippen LogP contribution in [0.1, 0.15) is 21.5 Å². The van der Waals surface area contributed by atoms with Crippen molar-refractivity contribution in [1.29, 1.82) is 0 Å². The maximum absolute atomic E-state index is 12.0. The van der Waals surface area contributed by atoms with E-state index in [4.69, 9.17) is 0 Å². The molecule has 0 aromatic heterocycles. The molecule has 0 bridgehead atoms. The van der Waals surface area contributed by atoms with Crippen molar-refractivity contribution in [2.45, 2.75) is 13.8 Å². The maximum Gasteiger partial charge on any atom is 0.251 e.